The van der Waals surface area contributed by atoms with Crippen molar-refractivity contribution in [2.24, 2.45) is 5.41 Å². The Balaban J connectivity index is 2.00. The van der Waals surface area contributed by atoms with Gasteiger partial charge in [-0.2, -0.15) is 0 Å². The first kappa shape index (κ1) is 16.5. The van der Waals surface area contributed by atoms with Crippen LogP contribution in [-0.2, 0) is 4.79 Å². The first-order valence-electron chi connectivity index (χ1n) is 7.64. The minimum absolute atomic E-state index is 0.0180. The zero-order valence-corrected chi connectivity index (χ0v) is 13.7. The van der Waals surface area contributed by atoms with Crippen molar-refractivity contribution < 1.29 is 9.59 Å². The minimum Gasteiger partial charge on any atom is -0.347 e. The van der Waals surface area contributed by atoms with E-state index in [2.05, 4.69) is 16.0 Å². The Bertz CT molecular complexity index is 552. The molecule has 1 saturated heterocycles. The van der Waals surface area contributed by atoms with Gasteiger partial charge in [0.15, 0.2) is 0 Å². The highest BCUT2D eigenvalue weighted by molar-refractivity contribution is 5.97. The summed E-state index contributed by atoms with van der Waals surface area (Å²) in [6, 6.07) is 6.99. The van der Waals surface area contributed by atoms with Crippen LogP contribution in [0.15, 0.2) is 24.3 Å². The molecule has 5 nitrogen and oxygen atoms in total. The van der Waals surface area contributed by atoms with Crippen LogP contribution in [-0.4, -0.2) is 30.4 Å². The second-order valence-electron chi connectivity index (χ2n) is 7.22. The largest absolute Gasteiger partial charge is 0.347 e. The Labute approximate surface area is 131 Å². The van der Waals surface area contributed by atoms with Gasteiger partial charge in [0.1, 0.15) is 0 Å². The SMILES string of the molecule is CC(C)(C)NC(=O)c1ccc(NC(=O)C2(C)CCNC2)cc1. The van der Waals surface area contributed by atoms with E-state index in [-0.39, 0.29) is 22.8 Å². The fourth-order valence-corrected chi connectivity index (χ4v) is 2.41. The summed E-state index contributed by atoms with van der Waals surface area (Å²) in [7, 11) is 0. The molecule has 1 atom stereocenters. The molecule has 1 unspecified atom stereocenters. The maximum absolute atomic E-state index is 12.3. The molecule has 0 spiro atoms. The Morgan fingerprint density at radius 2 is 1.82 bits per heavy atom. The smallest absolute Gasteiger partial charge is 0.251 e. The van der Waals surface area contributed by atoms with Gasteiger partial charge in [0, 0.05) is 23.3 Å². The normalized spacial score (nSPS) is 21.5. The van der Waals surface area contributed by atoms with Crippen molar-refractivity contribution in [1.29, 1.82) is 0 Å². The van der Waals surface area contributed by atoms with Gasteiger partial charge in [-0.15, -0.1) is 0 Å². The molecule has 1 aliphatic heterocycles. The molecule has 2 amide bonds. The lowest BCUT2D eigenvalue weighted by atomic mass is 9.89. The van der Waals surface area contributed by atoms with E-state index in [1.807, 2.05) is 27.7 Å². The molecule has 0 saturated carbocycles. The van der Waals surface area contributed by atoms with Crippen molar-refractivity contribution in [2.75, 3.05) is 18.4 Å². The van der Waals surface area contributed by atoms with E-state index in [0.717, 1.165) is 13.0 Å². The summed E-state index contributed by atoms with van der Waals surface area (Å²) < 4.78 is 0. The Morgan fingerprint density at radius 3 is 2.32 bits per heavy atom. The van der Waals surface area contributed by atoms with Crippen molar-refractivity contribution in [3.8, 4) is 0 Å². The van der Waals surface area contributed by atoms with Crippen LogP contribution in [0.3, 0.4) is 0 Å². The fraction of sp³-hybridized carbons (Fsp3) is 0.529. The van der Waals surface area contributed by atoms with Crippen LogP contribution < -0.4 is 16.0 Å². The third-order valence-corrected chi connectivity index (χ3v) is 3.81. The maximum atomic E-state index is 12.3. The molecule has 1 aliphatic rings. The molecule has 0 bridgehead atoms. The average Bonchev–Trinajstić information content (AvgIpc) is 2.86. The van der Waals surface area contributed by atoms with Gasteiger partial charge < -0.3 is 16.0 Å². The predicted molar refractivity (Wildman–Crippen MR) is 87.9 cm³/mol. The van der Waals surface area contributed by atoms with E-state index in [9.17, 15) is 9.59 Å². The van der Waals surface area contributed by atoms with E-state index >= 15 is 0 Å². The summed E-state index contributed by atoms with van der Waals surface area (Å²) in [4.78, 5) is 24.4. The molecule has 120 valence electrons. The fourth-order valence-electron chi connectivity index (χ4n) is 2.41. The highest BCUT2D eigenvalue weighted by Crippen LogP contribution is 2.26. The van der Waals surface area contributed by atoms with Gasteiger partial charge in [-0.1, -0.05) is 0 Å². The van der Waals surface area contributed by atoms with E-state index in [0.29, 0.717) is 17.8 Å². The van der Waals surface area contributed by atoms with Crippen molar-refractivity contribution in [3.05, 3.63) is 29.8 Å². The van der Waals surface area contributed by atoms with E-state index in [1.165, 1.54) is 0 Å². The summed E-state index contributed by atoms with van der Waals surface area (Å²) in [5.74, 6) is -0.0956. The summed E-state index contributed by atoms with van der Waals surface area (Å²) >= 11 is 0. The Hall–Kier alpha value is -1.88. The molecule has 3 N–H and O–H groups in total. The molecular formula is C17H25N3O2. The monoisotopic (exact) mass is 303 g/mol. The van der Waals surface area contributed by atoms with Gasteiger partial charge in [0.25, 0.3) is 5.91 Å². The quantitative estimate of drug-likeness (QED) is 0.801. The van der Waals surface area contributed by atoms with E-state index in [4.69, 9.17) is 0 Å². The average molecular weight is 303 g/mol. The van der Waals surface area contributed by atoms with Gasteiger partial charge in [-0.3, -0.25) is 9.59 Å². The van der Waals surface area contributed by atoms with Gasteiger partial charge in [0.2, 0.25) is 5.91 Å². The second-order valence-corrected chi connectivity index (χ2v) is 7.22. The highest BCUT2D eigenvalue weighted by Gasteiger charge is 2.36. The number of carbonyl (C=O) groups is 2. The molecule has 22 heavy (non-hydrogen) atoms. The number of hydrogen-bond acceptors (Lipinski definition) is 3. The molecule has 1 heterocycles. The molecule has 1 fully saturated rings. The molecule has 0 aromatic heterocycles. The number of anilines is 1. The first-order valence-corrected chi connectivity index (χ1v) is 7.64. The van der Waals surface area contributed by atoms with Crippen molar-refractivity contribution >= 4 is 17.5 Å². The van der Waals surface area contributed by atoms with Gasteiger partial charge in [0.05, 0.1) is 5.41 Å². The second kappa shape index (κ2) is 6.08. The van der Waals surface area contributed by atoms with Crippen LogP contribution in [0.1, 0.15) is 44.5 Å². The summed E-state index contributed by atoms with van der Waals surface area (Å²) in [5.41, 5.74) is 0.670. The lowest BCUT2D eigenvalue weighted by Gasteiger charge is -2.22. The third kappa shape index (κ3) is 4.07. The number of rotatable bonds is 3. The lowest BCUT2D eigenvalue weighted by Crippen LogP contribution is -2.40. The number of carbonyl (C=O) groups excluding carboxylic acids is 2. The van der Waals surface area contributed by atoms with Crippen LogP contribution in [0.25, 0.3) is 0 Å². The van der Waals surface area contributed by atoms with Crippen LogP contribution in [0, 0.1) is 5.41 Å². The topological polar surface area (TPSA) is 70.2 Å². The van der Waals surface area contributed by atoms with Crippen LogP contribution in [0.5, 0.6) is 0 Å². The molecule has 1 aromatic carbocycles. The lowest BCUT2D eigenvalue weighted by molar-refractivity contribution is -0.123. The van der Waals surface area contributed by atoms with Crippen LogP contribution >= 0.6 is 0 Å². The van der Waals surface area contributed by atoms with E-state index < -0.39 is 0 Å². The van der Waals surface area contributed by atoms with Crippen LogP contribution in [0.2, 0.25) is 0 Å². The third-order valence-electron chi connectivity index (χ3n) is 3.81. The molecule has 5 heteroatoms. The molecule has 0 radical (unpaired) electrons. The molecular weight excluding hydrogens is 278 g/mol. The Kier molecular flexibility index (Phi) is 4.56. The van der Waals surface area contributed by atoms with Crippen molar-refractivity contribution in [2.45, 2.75) is 39.7 Å². The van der Waals surface area contributed by atoms with Crippen LogP contribution in [0.4, 0.5) is 5.69 Å². The van der Waals surface area contributed by atoms with E-state index in [1.54, 1.807) is 24.3 Å². The minimum atomic E-state index is -0.359. The standard InChI is InChI=1S/C17H25N3O2/c1-16(2,3)20-14(21)12-5-7-13(8-6-12)19-15(22)17(4)9-10-18-11-17/h5-8,18H,9-11H2,1-4H3,(H,19,22)(H,20,21). The van der Waals surface area contributed by atoms with Gasteiger partial charge in [-0.25, -0.2) is 0 Å². The van der Waals surface area contributed by atoms with Crippen molar-refractivity contribution in [3.63, 3.8) is 0 Å². The number of benzene rings is 1. The van der Waals surface area contributed by atoms with Gasteiger partial charge in [-0.05, 0) is 64.9 Å². The summed E-state index contributed by atoms with van der Waals surface area (Å²) in [6.45, 7) is 9.36. The molecule has 0 aliphatic carbocycles. The summed E-state index contributed by atoms with van der Waals surface area (Å²) in [5, 5.41) is 9.05. The number of hydrogen-bond donors (Lipinski definition) is 3. The number of nitrogens with one attached hydrogen (secondary N) is 3. The number of amides is 2. The maximum Gasteiger partial charge on any atom is 0.251 e. The highest BCUT2D eigenvalue weighted by atomic mass is 16.2. The molecule has 2 rings (SSSR count). The zero-order chi connectivity index (χ0) is 16.4. The van der Waals surface area contributed by atoms with Gasteiger partial charge >= 0.3 is 0 Å². The molecule has 1 aromatic rings. The zero-order valence-electron chi connectivity index (χ0n) is 13.7. The van der Waals surface area contributed by atoms with Crippen molar-refractivity contribution in [1.82, 2.24) is 10.6 Å². The predicted octanol–water partition coefficient (Wildman–Crippen LogP) is 2.15. The first-order chi connectivity index (χ1) is 10.2. The Morgan fingerprint density at radius 1 is 1.18 bits per heavy atom. The summed E-state index contributed by atoms with van der Waals surface area (Å²) in [6.07, 6.45) is 0.838.